The summed E-state index contributed by atoms with van der Waals surface area (Å²) < 4.78 is 5.13. The Morgan fingerprint density at radius 2 is 2.32 bits per heavy atom. The molecule has 1 saturated carbocycles. The minimum Gasteiger partial charge on any atom is -0.497 e. The number of methoxy groups -OCH3 is 1. The van der Waals surface area contributed by atoms with Crippen LogP contribution < -0.4 is 4.74 Å². The number of hydrogen-bond acceptors (Lipinski definition) is 4. The van der Waals surface area contributed by atoms with E-state index in [1.54, 1.807) is 19.2 Å². The molecule has 0 aliphatic heterocycles. The van der Waals surface area contributed by atoms with Crippen LogP contribution in [-0.4, -0.2) is 36.9 Å². The molecule has 1 aromatic rings. The van der Waals surface area contributed by atoms with E-state index < -0.39 is 0 Å². The molecule has 0 heterocycles. The summed E-state index contributed by atoms with van der Waals surface area (Å²) in [4.78, 5) is 14.4. The van der Waals surface area contributed by atoms with Crippen LogP contribution in [-0.2, 0) is 0 Å². The summed E-state index contributed by atoms with van der Waals surface area (Å²) in [6, 6.07) is 9.84. The van der Waals surface area contributed by atoms with Crippen molar-refractivity contribution in [2.24, 2.45) is 0 Å². The van der Waals surface area contributed by atoms with Crippen molar-refractivity contribution in [1.29, 1.82) is 5.26 Å². The number of nitrogens with zero attached hydrogens (tertiary/aromatic N) is 2. The van der Waals surface area contributed by atoms with Crippen molar-refractivity contribution in [3.8, 4) is 11.8 Å². The molecule has 4 heteroatoms. The van der Waals surface area contributed by atoms with Crippen LogP contribution in [0.25, 0.3) is 0 Å². The van der Waals surface area contributed by atoms with Crippen LogP contribution in [0.4, 0.5) is 0 Å². The van der Waals surface area contributed by atoms with Gasteiger partial charge in [-0.2, -0.15) is 5.26 Å². The number of hydrogen-bond donors (Lipinski definition) is 0. The fourth-order valence-corrected chi connectivity index (χ4v) is 2.10. The van der Waals surface area contributed by atoms with Gasteiger partial charge in [-0.1, -0.05) is 12.1 Å². The molecule has 1 aliphatic carbocycles. The fourth-order valence-electron chi connectivity index (χ4n) is 2.10. The first kappa shape index (κ1) is 13.6. The molecule has 0 unspecified atom stereocenters. The molecule has 2 rings (SSSR count). The van der Waals surface area contributed by atoms with E-state index in [9.17, 15) is 4.79 Å². The molecule has 0 saturated heterocycles. The Bertz CT molecular complexity index is 489. The van der Waals surface area contributed by atoms with Crippen molar-refractivity contribution < 1.29 is 9.53 Å². The van der Waals surface area contributed by atoms with Crippen molar-refractivity contribution in [3.63, 3.8) is 0 Å². The van der Waals surface area contributed by atoms with Gasteiger partial charge in [-0.05, 0) is 25.0 Å². The number of benzene rings is 1. The molecule has 100 valence electrons. The van der Waals surface area contributed by atoms with Gasteiger partial charge in [-0.25, -0.2) is 0 Å². The predicted octanol–water partition coefficient (Wildman–Crippen LogP) is 2.26. The van der Waals surface area contributed by atoms with Crippen LogP contribution in [0.5, 0.6) is 5.75 Å². The third kappa shape index (κ3) is 3.80. The lowest BCUT2D eigenvalue weighted by atomic mass is 10.1. The van der Waals surface area contributed by atoms with E-state index in [1.165, 1.54) is 0 Å². The number of rotatable bonds is 7. The average Bonchev–Trinajstić information content (AvgIpc) is 3.27. The third-order valence-electron chi connectivity index (χ3n) is 3.31. The van der Waals surface area contributed by atoms with Crippen LogP contribution in [0.3, 0.4) is 0 Å². The van der Waals surface area contributed by atoms with Crippen LogP contribution in [0.15, 0.2) is 24.3 Å². The van der Waals surface area contributed by atoms with Crippen molar-refractivity contribution in [3.05, 3.63) is 29.8 Å². The molecule has 0 radical (unpaired) electrons. The summed E-state index contributed by atoms with van der Waals surface area (Å²) in [6.07, 6.45) is 2.75. The van der Waals surface area contributed by atoms with Gasteiger partial charge in [0.2, 0.25) is 0 Å². The molecule has 1 aliphatic rings. The van der Waals surface area contributed by atoms with Gasteiger partial charge in [0, 0.05) is 24.6 Å². The molecule has 0 atom stereocenters. The number of ether oxygens (including phenoxy) is 1. The smallest absolute Gasteiger partial charge is 0.176 e. The monoisotopic (exact) mass is 258 g/mol. The van der Waals surface area contributed by atoms with Gasteiger partial charge in [-0.3, -0.25) is 9.69 Å². The van der Waals surface area contributed by atoms with Gasteiger partial charge in [-0.15, -0.1) is 0 Å². The lowest BCUT2D eigenvalue weighted by molar-refractivity contribution is 0.0926. The third-order valence-corrected chi connectivity index (χ3v) is 3.31. The first-order valence-corrected chi connectivity index (χ1v) is 6.53. The van der Waals surface area contributed by atoms with E-state index in [4.69, 9.17) is 10.00 Å². The van der Waals surface area contributed by atoms with E-state index in [1.807, 2.05) is 12.1 Å². The van der Waals surface area contributed by atoms with Crippen LogP contribution in [0.2, 0.25) is 0 Å². The van der Waals surface area contributed by atoms with Crippen molar-refractivity contribution in [2.45, 2.75) is 25.3 Å². The summed E-state index contributed by atoms with van der Waals surface area (Å²) in [5, 5.41) is 8.66. The summed E-state index contributed by atoms with van der Waals surface area (Å²) in [6.45, 7) is 1.07. The topological polar surface area (TPSA) is 53.3 Å². The van der Waals surface area contributed by atoms with E-state index in [-0.39, 0.29) is 5.78 Å². The SMILES string of the molecule is COc1cccc(C(=O)CN(CCC#N)C2CC2)c1. The first-order chi connectivity index (χ1) is 9.24. The van der Waals surface area contributed by atoms with Gasteiger partial charge in [0.05, 0.1) is 19.7 Å². The Kier molecular flexibility index (Phi) is 4.53. The average molecular weight is 258 g/mol. The standard InChI is InChI=1S/C15H18N2O2/c1-19-14-5-2-4-12(10-14)15(18)11-17(9-3-8-16)13-6-7-13/h2,4-5,10,13H,3,6-7,9,11H2,1H3. The predicted molar refractivity (Wildman–Crippen MR) is 72.1 cm³/mol. The Labute approximate surface area is 113 Å². The van der Waals surface area contributed by atoms with Crippen molar-refractivity contribution in [1.82, 2.24) is 4.90 Å². The second-order valence-electron chi connectivity index (χ2n) is 4.76. The van der Waals surface area contributed by atoms with Gasteiger partial charge in [0.1, 0.15) is 5.75 Å². The maximum absolute atomic E-state index is 12.2. The summed E-state index contributed by atoms with van der Waals surface area (Å²) in [7, 11) is 1.59. The molecule has 0 N–H and O–H groups in total. The molecule has 1 fully saturated rings. The first-order valence-electron chi connectivity index (χ1n) is 6.53. The van der Waals surface area contributed by atoms with Crippen molar-refractivity contribution >= 4 is 5.78 Å². The number of Topliss-reactive ketones (excluding diaryl/α,β-unsaturated/α-hetero) is 1. The van der Waals surface area contributed by atoms with Gasteiger partial charge < -0.3 is 4.74 Å². The molecule has 0 spiro atoms. The van der Waals surface area contributed by atoms with E-state index in [0.717, 1.165) is 12.8 Å². The number of carbonyl (C=O) groups is 1. The largest absolute Gasteiger partial charge is 0.497 e. The Morgan fingerprint density at radius 3 is 2.95 bits per heavy atom. The zero-order valence-electron chi connectivity index (χ0n) is 11.1. The van der Waals surface area contributed by atoms with Crippen LogP contribution in [0.1, 0.15) is 29.6 Å². The van der Waals surface area contributed by atoms with Crippen molar-refractivity contribution in [2.75, 3.05) is 20.2 Å². The Morgan fingerprint density at radius 1 is 1.53 bits per heavy atom. The second-order valence-corrected chi connectivity index (χ2v) is 4.76. The lowest BCUT2D eigenvalue weighted by Gasteiger charge is -2.19. The summed E-state index contributed by atoms with van der Waals surface area (Å²) >= 11 is 0. The van der Waals surface area contributed by atoms with Crippen LogP contribution in [0, 0.1) is 11.3 Å². The molecule has 0 aromatic heterocycles. The number of ketones is 1. The lowest BCUT2D eigenvalue weighted by Crippen LogP contribution is -2.32. The number of nitriles is 1. The molecule has 0 amide bonds. The van der Waals surface area contributed by atoms with E-state index in [0.29, 0.717) is 36.9 Å². The molecular weight excluding hydrogens is 240 g/mol. The highest BCUT2D eigenvalue weighted by Gasteiger charge is 2.30. The normalized spacial score (nSPS) is 14.2. The maximum Gasteiger partial charge on any atom is 0.176 e. The molecule has 0 bridgehead atoms. The highest BCUT2D eigenvalue weighted by Crippen LogP contribution is 2.27. The zero-order valence-corrected chi connectivity index (χ0v) is 11.1. The Balaban J connectivity index is 1.99. The Hall–Kier alpha value is -1.86. The molecule has 1 aromatic carbocycles. The minimum atomic E-state index is 0.0868. The summed E-state index contributed by atoms with van der Waals surface area (Å²) in [5.41, 5.74) is 0.668. The van der Waals surface area contributed by atoms with Gasteiger partial charge >= 0.3 is 0 Å². The maximum atomic E-state index is 12.2. The second kappa shape index (κ2) is 6.35. The summed E-state index contributed by atoms with van der Waals surface area (Å²) in [5.74, 6) is 0.782. The molecular formula is C15H18N2O2. The van der Waals surface area contributed by atoms with E-state index in [2.05, 4.69) is 11.0 Å². The minimum absolute atomic E-state index is 0.0868. The highest BCUT2D eigenvalue weighted by molar-refractivity contribution is 5.98. The van der Waals surface area contributed by atoms with Gasteiger partial charge in [0.25, 0.3) is 0 Å². The zero-order chi connectivity index (χ0) is 13.7. The number of carbonyl (C=O) groups excluding carboxylic acids is 1. The van der Waals surface area contributed by atoms with E-state index >= 15 is 0 Å². The molecule has 4 nitrogen and oxygen atoms in total. The fraction of sp³-hybridized carbons (Fsp3) is 0.467. The van der Waals surface area contributed by atoms with Crippen LogP contribution >= 0.6 is 0 Å². The molecule has 19 heavy (non-hydrogen) atoms. The van der Waals surface area contributed by atoms with Gasteiger partial charge in [0.15, 0.2) is 5.78 Å². The highest BCUT2D eigenvalue weighted by atomic mass is 16.5. The quantitative estimate of drug-likeness (QED) is 0.704.